The minimum atomic E-state index is -0.0299. The first-order valence-electron chi connectivity index (χ1n) is 8.74. The normalized spacial score (nSPS) is 10.5. The van der Waals surface area contributed by atoms with Crippen molar-refractivity contribution in [3.63, 3.8) is 0 Å². The molecule has 0 atom stereocenters. The molecule has 1 aromatic heterocycles. The minimum Gasteiger partial charge on any atom is -0.381 e. The van der Waals surface area contributed by atoms with Crippen molar-refractivity contribution in [3.8, 4) is 5.69 Å². The molecular formula is C20H23N5O. The Morgan fingerprint density at radius 1 is 1.15 bits per heavy atom. The highest BCUT2D eigenvalue weighted by Crippen LogP contribution is 2.16. The summed E-state index contributed by atoms with van der Waals surface area (Å²) in [5.74, 6) is -0.0299. The van der Waals surface area contributed by atoms with E-state index < -0.39 is 0 Å². The molecule has 3 aromatic rings. The second kappa shape index (κ2) is 8.29. The average Bonchev–Trinajstić information content (AvgIpc) is 3.19. The van der Waals surface area contributed by atoms with Crippen LogP contribution in [0.3, 0.4) is 0 Å². The molecule has 2 aromatic carbocycles. The molecule has 134 valence electrons. The summed E-state index contributed by atoms with van der Waals surface area (Å²) >= 11 is 0. The van der Waals surface area contributed by atoms with Gasteiger partial charge in [-0.25, -0.2) is 9.67 Å². The zero-order valence-corrected chi connectivity index (χ0v) is 15.1. The molecule has 0 fully saturated rings. The Hall–Kier alpha value is -3.15. The molecule has 1 amide bonds. The second-order valence-electron chi connectivity index (χ2n) is 6.15. The predicted molar refractivity (Wildman–Crippen MR) is 102 cm³/mol. The zero-order valence-electron chi connectivity index (χ0n) is 15.1. The van der Waals surface area contributed by atoms with Crippen molar-refractivity contribution < 1.29 is 4.79 Å². The van der Waals surface area contributed by atoms with Gasteiger partial charge in [0.05, 0.1) is 5.69 Å². The van der Waals surface area contributed by atoms with Crippen molar-refractivity contribution in [1.29, 1.82) is 0 Å². The number of amides is 1. The van der Waals surface area contributed by atoms with Crippen molar-refractivity contribution in [2.24, 2.45) is 0 Å². The lowest BCUT2D eigenvalue weighted by atomic mass is 10.1. The molecule has 6 nitrogen and oxygen atoms in total. The molecule has 0 spiro atoms. The third kappa shape index (κ3) is 4.27. The fourth-order valence-corrected chi connectivity index (χ4v) is 2.70. The molecule has 0 unspecified atom stereocenters. The maximum atomic E-state index is 11.9. The van der Waals surface area contributed by atoms with E-state index in [9.17, 15) is 4.79 Å². The Bertz CT molecular complexity index is 856. The Morgan fingerprint density at radius 2 is 1.96 bits per heavy atom. The van der Waals surface area contributed by atoms with E-state index in [1.807, 2.05) is 37.3 Å². The summed E-state index contributed by atoms with van der Waals surface area (Å²) in [5.41, 5.74) is 5.00. The number of hydrogen-bond donors (Lipinski definition) is 2. The largest absolute Gasteiger partial charge is 0.381 e. The van der Waals surface area contributed by atoms with Gasteiger partial charge in [0, 0.05) is 24.3 Å². The summed E-state index contributed by atoms with van der Waals surface area (Å²) in [4.78, 5) is 15.9. The number of nitrogens with one attached hydrogen (secondary N) is 2. The molecule has 6 heteroatoms. The van der Waals surface area contributed by atoms with Crippen molar-refractivity contribution >= 4 is 11.6 Å². The predicted octanol–water partition coefficient (Wildman–Crippen LogP) is 3.33. The molecule has 1 heterocycles. The number of aromatic nitrogens is 3. The lowest BCUT2D eigenvalue weighted by Crippen LogP contribution is -2.23. The van der Waals surface area contributed by atoms with Crippen molar-refractivity contribution in [2.75, 3.05) is 11.9 Å². The third-order valence-electron chi connectivity index (χ3n) is 4.11. The van der Waals surface area contributed by atoms with Crippen LogP contribution >= 0.6 is 0 Å². The third-order valence-corrected chi connectivity index (χ3v) is 4.11. The first-order chi connectivity index (χ1) is 12.7. The van der Waals surface area contributed by atoms with Gasteiger partial charge < -0.3 is 10.6 Å². The van der Waals surface area contributed by atoms with E-state index in [1.54, 1.807) is 11.0 Å². The lowest BCUT2D eigenvalue weighted by Gasteiger charge is -2.11. The van der Waals surface area contributed by atoms with E-state index >= 15 is 0 Å². The molecule has 0 saturated heterocycles. The van der Waals surface area contributed by atoms with E-state index in [0.29, 0.717) is 18.7 Å². The first-order valence-corrected chi connectivity index (χ1v) is 8.74. The van der Waals surface area contributed by atoms with Gasteiger partial charge in [-0.15, -0.1) is 0 Å². The number of benzene rings is 2. The van der Waals surface area contributed by atoms with Gasteiger partial charge in [-0.05, 0) is 54.8 Å². The van der Waals surface area contributed by atoms with E-state index in [0.717, 1.165) is 23.4 Å². The van der Waals surface area contributed by atoms with Crippen LogP contribution in [-0.2, 0) is 6.54 Å². The summed E-state index contributed by atoms with van der Waals surface area (Å²) in [6, 6.07) is 13.8. The minimum absolute atomic E-state index is 0.0299. The lowest BCUT2D eigenvalue weighted by molar-refractivity contribution is 0.0953. The Morgan fingerprint density at radius 3 is 2.62 bits per heavy atom. The number of carbonyl (C=O) groups is 1. The zero-order chi connectivity index (χ0) is 18.4. The summed E-state index contributed by atoms with van der Waals surface area (Å²) in [7, 11) is 0. The van der Waals surface area contributed by atoms with Crippen LogP contribution in [-0.4, -0.2) is 27.2 Å². The van der Waals surface area contributed by atoms with Crippen LogP contribution in [0.25, 0.3) is 5.69 Å². The summed E-state index contributed by atoms with van der Waals surface area (Å²) in [6.45, 7) is 5.50. The Labute approximate surface area is 153 Å². The van der Waals surface area contributed by atoms with E-state index in [-0.39, 0.29) is 5.91 Å². The van der Waals surface area contributed by atoms with E-state index in [2.05, 4.69) is 39.8 Å². The standard InChI is InChI=1S/C20H23N5O/c1-3-10-22-20(26)17-5-7-18(8-6-17)23-12-16-4-9-19(15(2)11-16)25-14-21-13-24-25/h4-9,11,13-14,23H,3,10,12H2,1-2H3,(H,22,26). The number of rotatable bonds is 7. The maximum Gasteiger partial charge on any atom is 0.251 e. The molecule has 0 aliphatic carbocycles. The Balaban J connectivity index is 1.60. The highest BCUT2D eigenvalue weighted by molar-refractivity contribution is 5.94. The van der Waals surface area contributed by atoms with Crippen molar-refractivity contribution in [3.05, 3.63) is 71.8 Å². The smallest absolute Gasteiger partial charge is 0.251 e. The number of aryl methyl sites for hydroxylation is 1. The quantitative estimate of drug-likeness (QED) is 0.686. The van der Waals surface area contributed by atoms with Gasteiger partial charge in [0.25, 0.3) is 5.91 Å². The maximum absolute atomic E-state index is 11.9. The Kier molecular flexibility index (Phi) is 5.63. The second-order valence-corrected chi connectivity index (χ2v) is 6.15. The molecule has 0 aliphatic heterocycles. The van der Waals surface area contributed by atoms with Crippen LogP contribution in [0, 0.1) is 6.92 Å². The number of anilines is 1. The highest BCUT2D eigenvalue weighted by atomic mass is 16.1. The topological polar surface area (TPSA) is 71.8 Å². The van der Waals surface area contributed by atoms with Crippen LogP contribution < -0.4 is 10.6 Å². The molecule has 26 heavy (non-hydrogen) atoms. The fourth-order valence-electron chi connectivity index (χ4n) is 2.70. The van der Waals surface area contributed by atoms with Gasteiger partial charge in [-0.2, -0.15) is 5.10 Å². The van der Waals surface area contributed by atoms with Gasteiger partial charge in [0.2, 0.25) is 0 Å². The van der Waals surface area contributed by atoms with Crippen molar-refractivity contribution in [2.45, 2.75) is 26.8 Å². The van der Waals surface area contributed by atoms with E-state index in [1.165, 1.54) is 11.9 Å². The molecule has 2 N–H and O–H groups in total. The summed E-state index contributed by atoms with van der Waals surface area (Å²) in [5, 5.41) is 10.4. The van der Waals surface area contributed by atoms with Gasteiger partial charge in [0.15, 0.2) is 0 Å². The van der Waals surface area contributed by atoms with Crippen LogP contribution in [0.1, 0.15) is 34.8 Å². The van der Waals surface area contributed by atoms with E-state index in [4.69, 9.17) is 0 Å². The average molecular weight is 349 g/mol. The van der Waals surface area contributed by atoms with Gasteiger partial charge in [-0.1, -0.05) is 19.1 Å². The SMILES string of the molecule is CCCNC(=O)c1ccc(NCc2ccc(-n3cncn3)c(C)c2)cc1. The van der Waals surface area contributed by atoms with Gasteiger partial charge in [0.1, 0.15) is 12.7 Å². The van der Waals surface area contributed by atoms with Gasteiger partial charge >= 0.3 is 0 Å². The monoisotopic (exact) mass is 349 g/mol. The van der Waals surface area contributed by atoms with Crippen LogP contribution in [0.2, 0.25) is 0 Å². The molecule has 0 radical (unpaired) electrons. The number of hydrogen-bond acceptors (Lipinski definition) is 4. The molecular weight excluding hydrogens is 326 g/mol. The summed E-state index contributed by atoms with van der Waals surface area (Å²) in [6.07, 6.45) is 4.15. The van der Waals surface area contributed by atoms with Crippen molar-refractivity contribution in [1.82, 2.24) is 20.1 Å². The van der Waals surface area contributed by atoms with Gasteiger partial charge in [-0.3, -0.25) is 4.79 Å². The highest BCUT2D eigenvalue weighted by Gasteiger charge is 2.05. The molecule has 3 rings (SSSR count). The fraction of sp³-hybridized carbons (Fsp3) is 0.250. The molecule has 0 bridgehead atoms. The number of nitrogens with zero attached hydrogens (tertiary/aromatic N) is 3. The first kappa shape index (κ1) is 17.7. The van der Waals surface area contributed by atoms with Crippen LogP contribution in [0.5, 0.6) is 0 Å². The van der Waals surface area contributed by atoms with Crippen LogP contribution in [0.15, 0.2) is 55.1 Å². The van der Waals surface area contributed by atoms with Crippen LogP contribution in [0.4, 0.5) is 5.69 Å². The summed E-state index contributed by atoms with van der Waals surface area (Å²) < 4.78 is 1.76. The molecule has 0 aliphatic rings. The number of carbonyl (C=O) groups excluding carboxylic acids is 1. The molecule has 0 saturated carbocycles.